The zero-order valence-electron chi connectivity index (χ0n) is 11.5. The fourth-order valence-corrected chi connectivity index (χ4v) is 2.42. The first-order valence-electron chi connectivity index (χ1n) is 6.63. The number of para-hydroxylation sites is 2. The predicted molar refractivity (Wildman–Crippen MR) is 75.8 cm³/mol. The van der Waals surface area contributed by atoms with Gasteiger partial charge in [0.15, 0.2) is 0 Å². The third kappa shape index (κ3) is 2.56. The molecule has 1 unspecified atom stereocenters. The summed E-state index contributed by atoms with van der Waals surface area (Å²) < 4.78 is 0. The van der Waals surface area contributed by atoms with Gasteiger partial charge in [0.05, 0.1) is 11.4 Å². The van der Waals surface area contributed by atoms with Crippen LogP contribution in [0.25, 0.3) is 0 Å². The highest BCUT2D eigenvalue weighted by Crippen LogP contribution is 2.34. The summed E-state index contributed by atoms with van der Waals surface area (Å²) in [6.45, 7) is 11.4. The smallest absolute Gasteiger partial charge is 0.0604 e. The van der Waals surface area contributed by atoms with E-state index in [4.69, 9.17) is 0 Å². The molecule has 1 aromatic carbocycles. The van der Waals surface area contributed by atoms with Crippen molar-refractivity contribution >= 4 is 11.4 Å². The molecule has 2 heteroatoms. The monoisotopic (exact) mass is 232 g/mol. The van der Waals surface area contributed by atoms with Gasteiger partial charge in [-0.2, -0.15) is 0 Å². The summed E-state index contributed by atoms with van der Waals surface area (Å²) in [6, 6.07) is 9.25. The normalized spacial score (nSPS) is 20.1. The summed E-state index contributed by atoms with van der Waals surface area (Å²) >= 11 is 0. The molecule has 1 aromatic rings. The molecule has 0 spiro atoms. The lowest BCUT2D eigenvalue weighted by atomic mass is 9.92. The Morgan fingerprint density at radius 3 is 2.76 bits per heavy atom. The molecule has 0 fully saturated rings. The standard InChI is InChI=1S/C15H24N2/c1-5-12(2)17-11-15(3,4)10-16-13-8-6-7-9-14(13)17/h6-9,12,16H,5,10-11H2,1-4H3. The first kappa shape index (κ1) is 12.3. The molecule has 0 radical (unpaired) electrons. The van der Waals surface area contributed by atoms with Gasteiger partial charge in [0.25, 0.3) is 0 Å². The molecule has 0 amide bonds. The maximum atomic E-state index is 3.58. The van der Waals surface area contributed by atoms with Crippen molar-refractivity contribution < 1.29 is 0 Å². The number of hydrogen-bond donors (Lipinski definition) is 1. The molecule has 94 valence electrons. The molecule has 1 aliphatic heterocycles. The minimum absolute atomic E-state index is 0.308. The molecule has 2 nitrogen and oxygen atoms in total. The highest BCUT2D eigenvalue weighted by molar-refractivity contribution is 5.71. The van der Waals surface area contributed by atoms with Gasteiger partial charge in [0.1, 0.15) is 0 Å². The number of nitrogens with zero attached hydrogens (tertiary/aromatic N) is 1. The van der Waals surface area contributed by atoms with Crippen molar-refractivity contribution in [2.75, 3.05) is 23.3 Å². The van der Waals surface area contributed by atoms with Gasteiger partial charge in [-0.15, -0.1) is 0 Å². The van der Waals surface area contributed by atoms with Crippen LogP contribution in [-0.2, 0) is 0 Å². The van der Waals surface area contributed by atoms with Crippen LogP contribution < -0.4 is 10.2 Å². The van der Waals surface area contributed by atoms with E-state index in [-0.39, 0.29) is 0 Å². The van der Waals surface area contributed by atoms with Crippen LogP contribution in [0.15, 0.2) is 24.3 Å². The Bertz CT molecular complexity index is 384. The van der Waals surface area contributed by atoms with Crippen LogP contribution in [0.4, 0.5) is 11.4 Å². The minimum Gasteiger partial charge on any atom is -0.383 e. The van der Waals surface area contributed by atoms with Crippen molar-refractivity contribution in [3.05, 3.63) is 24.3 Å². The number of benzene rings is 1. The zero-order chi connectivity index (χ0) is 12.5. The van der Waals surface area contributed by atoms with E-state index in [2.05, 4.69) is 62.2 Å². The molecule has 0 saturated carbocycles. The van der Waals surface area contributed by atoms with Gasteiger partial charge >= 0.3 is 0 Å². The van der Waals surface area contributed by atoms with E-state index in [0.29, 0.717) is 11.5 Å². The van der Waals surface area contributed by atoms with Crippen LogP contribution in [0.3, 0.4) is 0 Å². The van der Waals surface area contributed by atoms with E-state index < -0.39 is 0 Å². The summed E-state index contributed by atoms with van der Waals surface area (Å²) in [4.78, 5) is 2.55. The van der Waals surface area contributed by atoms with Crippen molar-refractivity contribution in [2.24, 2.45) is 5.41 Å². The highest BCUT2D eigenvalue weighted by Gasteiger charge is 2.28. The number of anilines is 2. The first-order valence-corrected chi connectivity index (χ1v) is 6.63. The quantitative estimate of drug-likeness (QED) is 0.835. The van der Waals surface area contributed by atoms with E-state index in [1.807, 2.05) is 0 Å². The van der Waals surface area contributed by atoms with Crippen LogP contribution in [0, 0.1) is 5.41 Å². The largest absolute Gasteiger partial charge is 0.383 e. The number of hydrogen-bond acceptors (Lipinski definition) is 2. The minimum atomic E-state index is 0.308. The molecule has 0 aliphatic carbocycles. The predicted octanol–water partition coefficient (Wildman–Crippen LogP) is 3.74. The molecule has 2 rings (SSSR count). The second kappa shape index (κ2) is 4.59. The molecular formula is C15H24N2. The Labute approximate surface area is 105 Å². The Hall–Kier alpha value is -1.18. The van der Waals surface area contributed by atoms with Crippen molar-refractivity contribution in [3.63, 3.8) is 0 Å². The molecule has 0 bridgehead atoms. The average Bonchev–Trinajstić information content (AvgIpc) is 2.46. The highest BCUT2D eigenvalue weighted by atomic mass is 15.2. The van der Waals surface area contributed by atoms with Crippen LogP contribution in [-0.4, -0.2) is 19.1 Å². The summed E-state index contributed by atoms with van der Waals surface area (Å²) in [7, 11) is 0. The van der Waals surface area contributed by atoms with E-state index in [9.17, 15) is 0 Å². The number of rotatable bonds is 2. The van der Waals surface area contributed by atoms with Gasteiger partial charge in [0, 0.05) is 19.1 Å². The summed E-state index contributed by atoms with van der Waals surface area (Å²) in [5.41, 5.74) is 2.94. The molecule has 1 heterocycles. The Balaban J connectivity index is 2.39. The van der Waals surface area contributed by atoms with E-state index in [1.54, 1.807) is 0 Å². The third-order valence-electron chi connectivity index (χ3n) is 3.69. The van der Waals surface area contributed by atoms with Gasteiger partial charge in [0.2, 0.25) is 0 Å². The maximum Gasteiger partial charge on any atom is 0.0604 e. The van der Waals surface area contributed by atoms with Crippen LogP contribution in [0.5, 0.6) is 0 Å². The maximum absolute atomic E-state index is 3.58. The molecule has 0 saturated heterocycles. The van der Waals surface area contributed by atoms with E-state index >= 15 is 0 Å². The van der Waals surface area contributed by atoms with E-state index in [0.717, 1.165) is 13.1 Å². The van der Waals surface area contributed by atoms with Gasteiger partial charge in [-0.3, -0.25) is 0 Å². The van der Waals surface area contributed by atoms with Gasteiger partial charge in [-0.25, -0.2) is 0 Å². The van der Waals surface area contributed by atoms with E-state index in [1.165, 1.54) is 17.8 Å². The van der Waals surface area contributed by atoms with Gasteiger partial charge < -0.3 is 10.2 Å². The fourth-order valence-electron chi connectivity index (χ4n) is 2.42. The molecule has 1 N–H and O–H groups in total. The van der Waals surface area contributed by atoms with Gasteiger partial charge in [-0.05, 0) is 30.9 Å². The lowest BCUT2D eigenvalue weighted by Crippen LogP contribution is -2.40. The fraction of sp³-hybridized carbons (Fsp3) is 0.600. The molecular weight excluding hydrogens is 208 g/mol. The summed E-state index contributed by atoms with van der Waals surface area (Å²) in [5, 5.41) is 3.58. The van der Waals surface area contributed by atoms with Crippen molar-refractivity contribution in [3.8, 4) is 0 Å². The molecule has 1 atom stereocenters. The SMILES string of the molecule is CCC(C)N1CC(C)(C)CNc2ccccc21. The second-order valence-electron chi connectivity index (χ2n) is 5.92. The second-order valence-corrected chi connectivity index (χ2v) is 5.92. The van der Waals surface area contributed by atoms with Crippen molar-refractivity contribution in [1.29, 1.82) is 0 Å². The van der Waals surface area contributed by atoms with Crippen molar-refractivity contribution in [1.82, 2.24) is 0 Å². The molecule has 1 aliphatic rings. The summed E-state index contributed by atoms with van der Waals surface area (Å²) in [5.74, 6) is 0. The number of fused-ring (bicyclic) bond motifs is 1. The van der Waals surface area contributed by atoms with Crippen LogP contribution in [0.1, 0.15) is 34.1 Å². The van der Waals surface area contributed by atoms with Crippen LogP contribution in [0.2, 0.25) is 0 Å². The first-order chi connectivity index (χ1) is 8.03. The number of nitrogens with one attached hydrogen (secondary N) is 1. The Kier molecular flexibility index (Phi) is 3.32. The zero-order valence-corrected chi connectivity index (χ0v) is 11.5. The Morgan fingerprint density at radius 1 is 1.35 bits per heavy atom. The summed E-state index contributed by atoms with van der Waals surface area (Å²) in [6.07, 6.45) is 1.18. The van der Waals surface area contributed by atoms with Crippen LogP contribution >= 0.6 is 0 Å². The van der Waals surface area contributed by atoms with Gasteiger partial charge in [-0.1, -0.05) is 32.9 Å². The molecule has 17 heavy (non-hydrogen) atoms. The Morgan fingerprint density at radius 2 is 2.06 bits per heavy atom. The van der Waals surface area contributed by atoms with Crippen molar-refractivity contribution in [2.45, 2.75) is 40.2 Å². The lowest BCUT2D eigenvalue weighted by Gasteiger charge is -2.35. The topological polar surface area (TPSA) is 15.3 Å². The average molecular weight is 232 g/mol. The lowest BCUT2D eigenvalue weighted by molar-refractivity contribution is 0.380. The third-order valence-corrected chi connectivity index (χ3v) is 3.69. The molecule has 0 aromatic heterocycles.